The predicted octanol–water partition coefficient (Wildman–Crippen LogP) is 4.06. The number of amides is 2. The lowest BCUT2D eigenvalue weighted by Gasteiger charge is -2.15. The van der Waals surface area contributed by atoms with Gasteiger partial charge in [0.2, 0.25) is 11.8 Å². The summed E-state index contributed by atoms with van der Waals surface area (Å²) in [5.74, 6) is -0.343. The highest BCUT2D eigenvalue weighted by Crippen LogP contribution is 2.32. The number of methoxy groups -OCH3 is 1. The van der Waals surface area contributed by atoms with Crippen LogP contribution in [0.1, 0.15) is 6.42 Å². The third kappa shape index (κ3) is 5.21. The van der Waals surface area contributed by atoms with Crippen LogP contribution >= 0.6 is 27.7 Å². The van der Waals surface area contributed by atoms with Gasteiger partial charge in [-0.2, -0.15) is 0 Å². The number of hydrogen-bond acceptors (Lipinski definition) is 5. The van der Waals surface area contributed by atoms with Gasteiger partial charge in [-0.1, -0.05) is 42.1 Å². The first-order valence-electron chi connectivity index (χ1n) is 8.73. The summed E-state index contributed by atoms with van der Waals surface area (Å²) in [5.41, 5.74) is 1.44. The fourth-order valence-corrected chi connectivity index (χ4v) is 4.23. The second kappa shape index (κ2) is 9.86. The summed E-state index contributed by atoms with van der Waals surface area (Å²) in [7, 11) is 1.59. The summed E-state index contributed by atoms with van der Waals surface area (Å²) in [6.45, 7) is 0.798. The minimum absolute atomic E-state index is 0.0716. The molecule has 8 heteroatoms. The Morgan fingerprint density at radius 1 is 1.21 bits per heavy atom. The van der Waals surface area contributed by atoms with E-state index in [0.717, 1.165) is 10.2 Å². The number of aliphatic imine (C=N–C) groups is 1. The quantitative estimate of drug-likeness (QED) is 0.674. The lowest BCUT2D eigenvalue weighted by Crippen LogP contribution is -2.35. The Morgan fingerprint density at radius 3 is 2.64 bits per heavy atom. The normalized spacial score (nSPS) is 17.9. The first kappa shape index (κ1) is 20.6. The monoisotopic (exact) mass is 461 g/mol. The Morgan fingerprint density at radius 2 is 1.93 bits per heavy atom. The lowest BCUT2D eigenvalue weighted by atomic mass is 10.2. The van der Waals surface area contributed by atoms with E-state index < -0.39 is 5.25 Å². The summed E-state index contributed by atoms with van der Waals surface area (Å²) in [6, 6.07) is 16.8. The molecule has 146 valence electrons. The number of thioether (sulfide) groups is 1. The van der Waals surface area contributed by atoms with Crippen molar-refractivity contribution in [3.63, 3.8) is 0 Å². The van der Waals surface area contributed by atoms with Crippen LogP contribution in [-0.2, 0) is 14.3 Å². The van der Waals surface area contributed by atoms with E-state index in [9.17, 15) is 9.59 Å². The molecule has 1 aliphatic heterocycles. The molecule has 0 radical (unpaired) electrons. The zero-order valence-electron chi connectivity index (χ0n) is 15.3. The highest BCUT2D eigenvalue weighted by atomic mass is 79.9. The van der Waals surface area contributed by atoms with E-state index in [1.807, 2.05) is 48.5 Å². The molecule has 0 unspecified atom stereocenters. The average molecular weight is 462 g/mol. The second-order valence-electron chi connectivity index (χ2n) is 6.05. The SMILES string of the molecule is COCCN1C(=O)[C@H](CC(=O)Nc2ccccc2Br)SC1=Nc1ccccc1. The molecule has 2 aromatic rings. The molecule has 2 aromatic carbocycles. The number of para-hydroxylation sites is 2. The molecule has 1 atom stereocenters. The topological polar surface area (TPSA) is 71.0 Å². The van der Waals surface area contributed by atoms with Crippen LogP contribution in [-0.4, -0.2) is 47.4 Å². The molecule has 1 fully saturated rings. The number of carbonyl (C=O) groups excluding carboxylic acids is 2. The van der Waals surface area contributed by atoms with Gasteiger partial charge < -0.3 is 10.1 Å². The number of nitrogens with zero attached hydrogens (tertiary/aromatic N) is 2. The zero-order chi connectivity index (χ0) is 19.9. The van der Waals surface area contributed by atoms with E-state index in [1.165, 1.54) is 11.8 Å². The predicted molar refractivity (Wildman–Crippen MR) is 116 cm³/mol. The van der Waals surface area contributed by atoms with Crippen LogP contribution in [0.15, 0.2) is 64.1 Å². The minimum atomic E-state index is -0.512. The minimum Gasteiger partial charge on any atom is -0.383 e. The van der Waals surface area contributed by atoms with E-state index in [2.05, 4.69) is 26.2 Å². The highest BCUT2D eigenvalue weighted by Gasteiger charge is 2.39. The van der Waals surface area contributed by atoms with Crippen molar-refractivity contribution >= 4 is 56.0 Å². The number of amidine groups is 1. The summed E-state index contributed by atoms with van der Waals surface area (Å²) >= 11 is 4.72. The van der Waals surface area contributed by atoms with Gasteiger partial charge in [0.05, 0.1) is 24.5 Å². The number of anilines is 1. The number of benzene rings is 2. The van der Waals surface area contributed by atoms with Gasteiger partial charge in [-0.05, 0) is 40.2 Å². The molecule has 0 aromatic heterocycles. The summed E-state index contributed by atoms with van der Waals surface area (Å²) in [6.07, 6.45) is 0.0716. The number of halogens is 1. The zero-order valence-corrected chi connectivity index (χ0v) is 17.7. The molecule has 0 bridgehead atoms. The van der Waals surface area contributed by atoms with E-state index in [-0.39, 0.29) is 18.2 Å². The van der Waals surface area contributed by atoms with E-state index in [4.69, 9.17) is 4.74 Å². The largest absolute Gasteiger partial charge is 0.383 e. The van der Waals surface area contributed by atoms with E-state index in [0.29, 0.717) is 24.0 Å². The van der Waals surface area contributed by atoms with Gasteiger partial charge in [-0.25, -0.2) is 4.99 Å². The Bertz CT molecular complexity index is 876. The maximum atomic E-state index is 12.8. The van der Waals surface area contributed by atoms with Gasteiger partial charge in [0, 0.05) is 18.0 Å². The summed E-state index contributed by atoms with van der Waals surface area (Å²) in [4.78, 5) is 31.5. The van der Waals surface area contributed by atoms with Crippen molar-refractivity contribution in [3.8, 4) is 0 Å². The van der Waals surface area contributed by atoms with Crippen molar-refractivity contribution in [2.24, 2.45) is 4.99 Å². The molecule has 0 spiro atoms. The van der Waals surface area contributed by atoms with Crippen LogP contribution in [0.3, 0.4) is 0 Å². The molecular formula is C20H20BrN3O3S. The van der Waals surface area contributed by atoms with Crippen LogP contribution in [0.25, 0.3) is 0 Å². The molecule has 1 heterocycles. The Hall–Kier alpha value is -2.16. The average Bonchev–Trinajstić information content (AvgIpc) is 2.97. The first-order chi connectivity index (χ1) is 13.6. The number of nitrogens with one attached hydrogen (secondary N) is 1. The lowest BCUT2D eigenvalue weighted by molar-refractivity contribution is -0.128. The molecule has 0 aliphatic carbocycles. The third-order valence-corrected chi connectivity index (χ3v) is 5.91. The van der Waals surface area contributed by atoms with Crippen LogP contribution in [0.5, 0.6) is 0 Å². The maximum absolute atomic E-state index is 12.8. The summed E-state index contributed by atoms with van der Waals surface area (Å²) < 4.78 is 5.91. The van der Waals surface area contributed by atoms with Crippen molar-refractivity contribution in [1.82, 2.24) is 4.90 Å². The Balaban J connectivity index is 1.73. The van der Waals surface area contributed by atoms with Gasteiger partial charge >= 0.3 is 0 Å². The van der Waals surface area contributed by atoms with Crippen molar-refractivity contribution in [2.75, 3.05) is 25.6 Å². The van der Waals surface area contributed by atoms with Crippen LogP contribution < -0.4 is 5.32 Å². The smallest absolute Gasteiger partial charge is 0.242 e. The fraction of sp³-hybridized carbons (Fsp3) is 0.250. The molecule has 3 rings (SSSR count). The van der Waals surface area contributed by atoms with Crippen molar-refractivity contribution < 1.29 is 14.3 Å². The number of ether oxygens (including phenoxy) is 1. The van der Waals surface area contributed by atoms with Crippen molar-refractivity contribution in [3.05, 3.63) is 59.1 Å². The van der Waals surface area contributed by atoms with Gasteiger partial charge in [0.1, 0.15) is 5.25 Å². The standard InChI is InChI=1S/C20H20BrN3O3S/c1-27-12-11-24-19(26)17(28-20(24)22-14-7-3-2-4-8-14)13-18(25)23-16-10-6-5-9-15(16)21/h2-10,17H,11-13H2,1H3,(H,23,25)/t17-/m0/s1. The number of carbonyl (C=O) groups is 2. The van der Waals surface area contributed by atoms with Crippen molar-refractivity contribution in [2.45, 2.75) is 11.7 Å². The number of rotatable bonds is 7. The highest BCUT2D eigenvalue weighted by molar-refractivity contribution is 9.10. The molecule has 1 saturated heterocycles. The molecule has 2 amide bonds. The molecule has 1 aliphatic rings. The van der Waals surface area contributed by atoms with Gasteiger partial charge in [-0.3, -0.25) is 14.5 Å². The number of hydrogen-bond donors (Lipinski definition) is 1. The fourth-order valence-electron chi connectivity index (χ4n) is 2.66. The van der Waals surface area contributed by atoms with Gasteiger partial charge in [0.15, 0.2) is 5.17 Å². The van der Waals surface area contributed by atoms with Gasteiger partial charge in [0.25, 0.3) is 0 Å². The Kier molecular flexibility index (Phi) is 7.24. The molecule has 6 nitrogen and oxygen atoms in total. The molecular weight excluding hydrogens is 442 g/mol. The third-order valence-electron chi connectivity index (χ3n) is 4.04. The van der Waals surface area contributed by atoms with Crippen LogP contribution in [0, 0.1) is 0 Å². The van der Waals surface area contributed by atoms with Gasteiger partial charge in [-0.15, -0.1) is 0 Å². The maximum Gasteiger partial charge on any atom is 0.242 e. The van der Waals surface area contributed by atoms with E-state index in [1.54, 1.807) is 18.1 Å². The van der Waals surface area contributed by atoms with Crippen molar-refractivity contribution in [1.29, 1.82) is 0 Å². The molecule has 28 heavy (non-hydrogen) atoms. The van der Waals surface area contributed by atoms with Crippen LogP contribution in [0.4, 0.5) is 11.4 Å². The first-order valence-corrected chi connectivity index (χ1v) is 10.4. The molecule has 0 saturated carbocycles. The molecule has 1 N–H and O–H groups in total. The Labute approximate surface area is 176 Å². The second-order valence-corrected chi connectivity index (χ2v) is 8.08. The summed E-state index contributed by atoms with van der Waals surface area (Å²) in [5, 5.41) is 2.92. The van der Waals surface area contributed by atoms with E-state index >= 15 is 0 Å². The van der Waals surface area contributed by atoms with Crippen LogP contribution in [0.2, 0.25) is 0 Å².